The molecule has 0 N–H and O–H groups in total. The molecule has 0 saturated carbocycles. The lowest BCUT2D eigenvalue weighted by molar-refractivity contribution is 0.413. The van der Waals surface area contributed by atoms with E-state index in [-0.39, 0.29) is 0 Å². The maximum Gasteiger partial charge on any atom is 0.129 e. The number of nitrogens with zero attached hydrogens (tertiary/aromatic N) is 3. The molecule has 0 atom stereocenters. The second-order valence-corrected chi connectivity index (χ2v) is 5.69. The molecule has 22 heavy (non-hydrogen) atoms. The van der Waals surface area contributed by atoms with E-state index in [1.165, 1.54) is 0 Å². The molecule has 0 amide bonds. The van der Waals surface area contributed by atoms with Crippen LogP contribution in [0.15, 0.2) is 43.4 Å². The summed E-state index contributed by atoms with van der Waals surface area (Å²) in [6.45, 7) is 5.75. The predicted molar refractivity (Wildman–Crippen MR) is 90.0 cm³/mol. The lowest BCUT2D eigenvalue weighted by Gasteiger charge is -2.06. The molecule has 3 heterocycles. The predicted octanol–water partition coefficient (Wildman–Crippen LogP) is 4.23. The van der Waals surface area contributed by atoms with E-state index < -0.39 is 0 Å². The lowest BCUT2D eigenvalue weighted by atomic mass is 10.2. The second-order valence-electron chi connectivity index (χ2n) is 4.69. The van der Waals surface area contributed by atoms with Crippen molar-refractivity contribution in [2.24, 2.45) is 0 Å². The summed E-state index contributed by atoms with van der Waals surface area (Å²) in [5.41, 5.74) is 3.69. The molecule has 0 aliphatic rings. The van der Waals surface area contributed by atoms with Crippen molar-refractivity contribution in [1.82, 2.24) is 15.0 Å². The molecule has 3 rings (SSSR count). The van der Waals surface area contributed by atoms with E-state index in [2.05, 4.69) is 21.5 Å². The highest BCUT2D eigenvalue weighted by Crippen LogP contribution is 2.35. The fourth-order valence-electron chi connectivity index (χ4n) is 2.15. The monoisotopic (exact) mass is 309 g/mol. The van der Waals surface area contributed by atoms with Gasteiger partial charge < -0.3 is 4.74 Å². The number of ether oxygens (including phenoxy) is 1. The normalized spacial score (nSPS) is 10.5. The highest BCUT2D eigenvalue weighted by molar-refractivity contribution is 7.18. The highest BCUT2D eigenvalue weighted by atomic mass is 32.1. The highest BCUT2D eigenvalue weighted by Gasteiger charge is 2.14. The molecule has 0 spiro atoms. The quantitative estimate of drug-likeness (QED) is 0.723. The number of aromatic nitrogens is 3. The molecule has 0 unspecified atom stereocenters. The van der Waals surface area contributed by atoms with E-state index >= 15 is 0 Å². The van der Waals surface area contributed by atoms with E-state index in [0.717, 1.165) is 38.1 Å². The average Bonchev–Trinajstić information content (AvgIpc) is 2.97. The van der Waals surface area contributed by atoms with E-state index in [0.29, 0.717) is 0 Å². The van der Waals surface area contributed by atoms with Gasteiger partial charge in [-0.05, 0) is 19.1 Å². The number of rotatable bonds is 4. The summed E-state index contributed by atoms with van der Waals surface area (Å²) in [6.07, 6.45) is 7.07. The Morgan fingerprint density at radius 2 is 2.18 bits per heavy atom. The third kappa shape index (κ3) is 2.63. The van der Waals surface area contributed by atoms with Crippen molar-refractivity contribution < 1.29 is 4.74 Å². The molecule has 0 radical (unpaired) electrons. The molecular formula is C17H15N3OS. The molecule has 0 saturated heterocycles. The van der Waals surface area contributed by atoms with Crippen LogP contribution < -0.4 is 4.74 Å². The van der Waals surface area contributed by atoms with Gasteiger partial charge >= 0.3 is 0 Å². The summed E-state index contributed by atoms with van der Waals surface area (Å²) < 4.78 is 5.39. The summed E-state index contributed by atoms with van der Waals surface area (Å²) in [6, 6.07) is 5.83. The van der Waals surface area contributed by atoms with Gasteiger partial charge in [-0.1, -0.05) is 12.7 Å². The van der Waals surface area contributed by atoms with E-state index in [1.807, 2.05) is 31.3 Å². The first-order chi connectivity index (χ1) is 10.7. The largest absolute Gasteiger partial charge is 0.496 e. The van der Waals surface area contributed by atoms with Crippen LogP contribution >= 0.6 is 11.3 Å². The van der Waals surface area contributed by atoms with Gasteiger partial charge in [-0.2, -0.15) is 0 Å². The lowest BCUT2D eigenvalue weighted by Crippen LogP contribution is -1.91. The minimum Gasteiger partial charge on any atom is -0.496 e. The van der Waals surface area contributed by atoms with Gasteiger partial charge in [0.1, 0.15) is 10.8 Å². The molecule has 0 aromatic carbocycles. The van der Waals surface area contributed by atoms with Gasteiger partial charge in [0.15, 0.2) is 0 Å². The first kappa shape index (κ1) is 14.4. The number of hydrogen-bond acceptors (Lipinski definition) is 5. The number of aryl methyl sites for hydroxylation is 1. The van der Waals surface area contributed by atoms with Gasteiger partial charge in [0, 0.05) is 35.8 Å². The maximum atomic E-state index is 5.39. The number of pyridine rings is 2. The zero-order valence-corrected chi connectivity index (χ0v) is 13.2. The smallest absolute Gasteiger partial charge is 0.129 e. The van der Waals surface area contributed by atoms with Gasteiger partial charge in [0.25, 0.3) is 0 Å². The maximum absolute atomic E-state index is 5.39. The van der Waals surface area contributed by atoms with Crippen molar-refractivity contribution in [3.63, 3.8) is 0 Å². The SMILES string of the molecule is C=Cc1cnc(-c2sc(-c3cccnc3)nc2C)cc1OC. The zero-order chi connectivity index (χ0) is 15.5. The number of hydrogen-bond donors (Lipinski definition) is 0. The Morgan fingerprint density at radius 1 is 1.32 bits per heavy atom. The first-order valence-electron chi connectivity index (χ1n) is 6.77. The molecule has 0 aliphatic heterocycles. The van der Waals surface area contributed by atoms with Crippen LogP contribution in [-0.4, -0.2) is 22.1 Å². The van der Waals surface area contributed by atoms with Crippen molar-refractivity contribution in [3.05, 3.63) is 54.6 Å². The molecular weight excluding hydrogens is 294 g/mol. The van der Waals surface area contributed by atoms with Crippen molar-refractivity contribution >= 4 is 17.4 Å². The van der Waals surface area contributed by atoms with Crippen molar-refractivity contribution in [2.75, 3.05) is 7.11 Å². The van der Waals surface area contributed by atoms with Crippen LogP contribution in [0.5, 0.6) is 5.75 Å². The molecule has 3 aromatic rings. The van der Waals surface area contributed by atoms with Crippen LogP contribution in [0, 0.1) is 6.92 Å². The van der Waals surface area contributed by atoms with Gasteiger partial charge in [-0.3, -0.25) is 9.97 Å². The van der Waals surface area contributed by atoms with Crippen molar-refractivity contribution in [2.45, 2.75) is 6.92 Å². The standard InChI is InChI=1S/C17H15N3OS/c1-4-12-10-19-14(8-15(12)21-3)16-11(2)20-17(22-16)13-6-5-7-18-9-13/h4-10H,1H2,2-3H3. The summed E-state index contributed by atoms with van der Waals surface area (Å²) >= 11 is 1.60. The Hall–Kier alpha value is -2.53. The summed E-state index contributed by atoms with van der Waals surface area (Å²) in [5.74, 6) is 0.760. The molecule has 3 aromatic heterocycles. The molecule has 4 nitrogen and oxygen atoms in total. The summed E-state index contributed by atoms with van der Waals surface area (Å²) in [5, 5.41) is 0.939. The van der Waals surface area contributed by atoms with Crippen LogP contribution in [0.4, 0.5) is 0 Å². The van der Waals surface area contributed by atoms with Crippen LogP contribution in [0.3, 0.4) is 0 Å². The number of methoxy groups -OCH3 is 1. The number of thiazole rings is 1. The van der Waals surface area contributed by atoms with Crippen LogP contribution in [-0.2, 0) is 0 Å². The van der Waals surface area contributed by atoms with Gasteiger partial charge in [-0.25, -0.2) is 4.98 Å². The zero-order valence-electron chi connectivity index (χ0n) is 12.4. The molecule has 0 aliphatic carbocycles. The Kier molecular flexibility index (Phi) is 3.98. The Labute approximate surface area is 133 Å². The van der Waals surface area contributed by atoms with Crippen LogP contribution in [0.25, 0.3) is 27.2 Å². The Bertz CT molecular complexity index is 812. The van der Waals surface area contributed by atoms with Crippen LogP contribution in [0.2, 0.25) is 0 Å². The van der Waals surface area contributed by atoms with E-state index in [4.69, 9.17) is 4.74 Å². The topological polar surface area (TPSA) is 47.9 Å². The molecule has 110 valence electrons. The fraction of sp³-hybridized carbons (Fsp3) is 0.118. The van der Waals surface area contributed by atoms with Crippen LogP contribution in [0.1, 0.15) is 11.3 Å². The third-order valence-electron chi connectivity index (χ3n) is 3.27. The molecule has 0 bridgehead atoms. The minimum absolute atomic E-state index is 0.760. The molecule has 5 heteroatoms. The average molecular weight is 309 g/mol. The summed E-state index contributed by atoms with van der Waals surface area (Å²) in [7, 11) is 1.65. The van der Waals surface area contributed by atoms with E-state index in [9.17, 15) is 0 Å². The molecule has 0 fully saturated rings. The summed E-state index contributed by atoms with van der Waals surface area (Å²) in [4.78, 5) is 14.3. The van der Waals surface area contributed by atoms with Gasteiger partial charge in [0.05, 0.1) is 23.4 Å². The van der Waals surface area contributed by atoms with Crippen molar-refractivity contribution in [1.29, 1.82) is 0 Å². The van der Waals surface area contributed by atoms with E-state index in [1.54, 1.807) is 36.9 Å². The fourth-order valence-corrected chi connectivity index (χ4v) is 3.17. The Morgan fingerprint density at radius 3 is 2.86 bits per heavy atom. The minimum atomic E-state index is 0.760. The third-order valence-corrected chi connectivity index (χ3v) is 4.50. The second kappa shape index (κ2) is 6.07. The van der Waals surface area contributed by atoms with Gasteiger partial charge in [-0.15, -0.1) is 11.3 Å². The first-order valence-corrected chi connectivity index (χ1v) is 7.59. The van der Waals surface area contributed by atoms with Gasteiger partial charge in [0.2, 0.25) is 0 Å². The van der Waals surface area contributed by atoms with Crippen molar-refractivity contribution in [3.8, 4) is 26.9 Å². The Balaban J connectivity index is 2.06.